The molecule has 2 heterocycles. The van der Waals surface area contributed by atoms with Crippen LogP contribution in [0.3, 0.4) is 0 Å². The Morgan fingerprint density at radius 3 is 2.53 bits per heavy atom. The zero-order chi connectivity index (χ0) is 23.7. The van der Waals surface area contributed by atoms with Gasteiger partial charge in [0.15, 0.2) is 17.2 Å². The van der Waals surface area contributed by atoms with Crippen LogP contribution in [0.2, 0.25) is 0 Å². The van der Waals surface area contributed by atoms with Gasteiger partial charge in [0.1, 0.15) is 11.9 Å². The number of carboxylic acid groups (broad SMARTS) is 1. The first-order valence-corrected chi connectivity index (χ1v) is 10.6. The predicted molar refractivity (Wildman–Crippen MR) is 119 cm³/mol. The third-order valence-corrected chi connectivity index (χ3v) is 6.31. The second-order valence-corrected chi connectivity index (χ2v) is 8.29. The number of hydrogen-bond donors (Lipinski definition) is 2. The normalized spacial score (nSPS) is 14.1. The number of nitrogens with zero attached hydrogens (tertiary/aromatic N) is 3. The summed E-state index contributed by atoms with van der Waals surface area (Å²) in [6, 6.07) is 3.60. The van der Waals surface area contributed by atoms with Gasteiger partial charge in [-0.2, -0.15) is 0 Å². The summed E-state index contributed by atoms with van der Waals surface area (Å²) in [5, 5.41) is 20.5. The number of benzene rings is 1. The lowest BCUT2D eigenvalue weighted by molar-refractivity contribution is -0.142. The molecule has 0 radical (unpaired) electrons. The van der Waals surface area contributed by atoms with Gasteiger partial charge in [-0.3, -0.25) is 4.79 Å². The molecule has 0 saturated heterocycles. The fraction of sp³-hybridized carbons (Fsp3) is 0.318. The van der Waals surface area contributed by atoms with Crippen molar-refractivity contribution in [3.8, 4) is 11.5 Å². The minimum absolute atomic E-state index is 0.0442. The van der Waals surface area contributed by atoms with Crippen LogP contribution in [0.5, 0.6) is 11.5 Å². The number of pyridine rings is 1. The van der Waals surface area contributed by atoms with Gasteiger partial charge in [0, 0.05) is 28.3 Å². The first-order chi connectivity index (χ1) is 15.1. The summed E-state index contributed by atoms with van der Waals surface area (Å²) in [6.07, 6.45) is 2.98. The summed E-state index contributed by atoms with van der Waals surface area (Å²) in [7, 11) is 1.33. The minimum Gasteiger partial charge on any atom is -0.503 e. The summed E-state index contributed by atoms with van der Waals surface area (Å²) in [6.45, 7) is 4.87. The summed E-state index contributed by atoms with van der Waals surface area (Å²) in [4.78, 5) is 30.3. The van der Waals surface area contributed by atoms with Crippen molar-refractivity contribution in [1.82, 2.24) is 14.5 Å². The third kappa shape index (κ3) is 4.02. The van der Waals surface area contributed by atoms with E-state index in [9.17, 15) is 24.2 Å². The number of fused-ring (bicyclic) bond motifs is 1. The van der Waals surface area contributed by atoms with Gasteiger partial charge in [0.2, 0.25) is 0 Å². The maximum absolute atomic E-state index is 14.3. The quantitative estimate of drug-likeness (QED) is 0.496. The van der Waals surface area contributed by atoms with Crippen LogP contribution in [0.15, 0.2) is 41.1 Å². The van der Waals surface area contributed by atoms with E-state index in [2.05, 4.69) is 20.9 Å². The molecule has 2 aromatic heterocycles. The van der Waals surface area contributed by atoms with Gasteiger partial charge in [-0.05, 0) is 54.9 Å². The predicted octanol–water partition coefficient (Wildman–Crippen LogP) is 4.22. The highest BCUT2D eigenvalue weighted by molar-refractivity contribution is 9.10. The van der Waals surface area contributed by atoms with E-state index in [-0.39, 0.29) is 17.3 Å². The standard InChI is InChI=1S/C22H23BrFN3O5/c1-11(26-10-8-14-16(24)6-5-15(23)19(14)26)12(2)27(13(3)22(30)31)21(29)18-20(28)17(32-4)7-9-25-18/h5-13,28H,1-4H3,(H,30,31)/t11?,12?,13-/m0/s1. The topological polar surface area (TPSA) is 105 Å². The number of carbonyl (C=O) groups is 2. The number of aliphatic carboxylic acids is 1. The summed E-state index contributed by atoms with van der Waals surface area (Å²) in [5.41, 5.74) is 0.267. The maximum Gasteiger partial charge on any atom is 0.326 e. The Hall–Kier alpha value is -3.14. The molecule has 32 heavy (non-hydrogen) atoms. The van der Waals surface area contributed by atoms with E-state index in [0.29, 0.717) is 15.4 Å². The molecular weight excluding hydrogens is 485 g/mol. The van der Waals surface area contributed by atoms with Gasteiger partial charge in [-0.15, -0.1) is 0 Å². The number of ether oxygens (including phenoxy) is 1. The van der Waals surface area contributed by atoms with Crippen LogP contribution in [-0.2, 0) is 4.79 Å². The van der Waals surface area contributed by atoms with Crippen LogP contribution in [0.4, 0.5) is 4.39 Å². The molecule has 2 unspecified atom stereocenters. The van der Waals surface area contributed by atoms with Crippen LogP contribution in [0.1, 0.15) is 37.3 Å². The highest BCUT2D eigenvalue weighted by Gasteiger charge is 2.36. The van der Waals surface area contributed by atoms with E-state index < -0.39 is 35.8 Å². The van der Waals surface area contributed by atoms with E-state index in [0.717, 1.165) is 4.90 Å². The summed E-state index contributed by atoms with van der Waals surface area (Å²) in [5.74, 6) is -2.80. The van der Waals surface area contributed by atoms with Crippen molar-refractivity contribution < 1.29 is 28.9 Å². The van der Waals surface area contributed by atoms with Crippen LogP contribution in [0.25, 0.3) is 10.9 Å². The number of amides is 1. The van der Waals surface area contributed by atoms with Crippen LogP contribution in [0, 0.1) is 5.82 Å². The smallest absolute Gasteiger partial charge is 0.326 e. The number of aromatic hydroxyl groups is 1. The SMILES string of the molecule is COc1ccnc(C(=O)N(C(C)C(C)n2ccc3c(F)ccc(Br)c32)[C@@H](C)C(=O)O)c1O. The first kappa shape index (κ1) is 23.5. The number of rotatable bonds is 7. The Morgan fingerprint density at radius 1 is 1.22 bits per heavy atom. The molecule has 10 heteroatoms. The van der Waals surface area contributed by atoms with Crippen molar-refractivity contribution in [2.45, 2.75) is 38.9 Å². The zero-order valence-electron chi connectivity index (χ0n) is 17.9. The molecule has 0 saturated carbocycles. The van der Waals surface area contributed by atoms with Gasteiger partial charge in [-0.25, -0.2) is 14.2 Å². The molecule has 0 fully saturated rings. The van der Waals surface area contributed by atoms with Gasteiger partial charge in [0.25, 0.3) is 5.91 Å². The zero-order valence-corrected chi connectivity index (χ0v) is 19.5. The second kappa shape index (κ2) is 9.15. The van der Waals surface area contributed by atoms with E-state index in [1.54, 1.807) is 36.7 Å². The maximum atomic E-state index is 14.3. The lowest BCUT2D eigenvalue weighted by atomic mass is 10.1. The monoisotopic (exact) mass is 507 g/mol. The molecule has 0 aliphatic heterocycles. The average molecular weight is 508 g/mol. The van der Waals surface area contributed by atoms with E-state index in [1.165, 1.54) is 32.4 Å². The lowest BCUT2D eigenvalue weighted by Gasteiger charge is -2.36. The molecule has 0 aliphatic rings. The Bertz CT molecular complexity index is 1180. The Labute approximate surface area is 192 Å². The van der Waals surface area contributed by atoms with Crippen LogP contribution < -0.4 is 4.74 Å². The van der Waals surface area contributed by atoms with E-state index in [1.807, 2.05) is 0 Å². The first-order valence-electron chi connectivity index (χ1n) is 9.82. The number of hydrogen-bond acceptors (Lipinski definition) is 5. The molecular formula is C22H23BrFN3O5. The third-order valence-electron chi connectivity index (χ3n) is 5.67. The molecule has 1 amide bonds. The second-order valence-electron chi connectivity index (χ2n) is 7.43. The molecule has 3 aromatic rings. The summed E-state index contributed by atoms with van der Waals surface area (Å²) < 4.78 is 21.8. The number of methoxy groups -OCH3 is 1. The Morgan fingerprint density at radius 2 is 1.91 bits per heavy atom. The van der Waals surface area contributed by atoms with Crippen LogP contribution in [-0.4, -0.2) is 55.7 Å². The molecule has 3 atom stereocenters. The molecule has 3 rings (SSSR count). The summed E-state index contributed by atoms with van der Waals surface area (Å²) >= 11 is 3.44. The van der Waals surface area contributed by atoms with Gasteiger partial charge >= 0.3 is 5.97 Å². The molecule has 0 spiro atoms. The highest BCUT2D eigenvalue weighted by atomic mass is 79.9. The van der Waals surface area contributed by atoms with Crippen molar-refractivity contribution in [3.05, 3.63) is 52.6 Å². The Balaban J connectivity index is 2.08. The molecule has 2 N–H and O–H groups in total. The Kier molecular flexibility index (Phi) is 6.73. The molecule has 170 valence electrons. The molecule has 1 aromatic carbocycles. The number of halogens is 2. The molecule has 8 nitrogen and oxygen atoms in total. The number of aromatic nitrogens is 2. The highest BCUT2D eigenvalue weighted by Crippen LogP contribution is 2.34. The van der Waals surface area contributed by atoms with Gasteiger partial charge < -0.3 is 24.4 Å². The number of carboxylic acids is 1. The van der Waals surface area contributed by atoms with Crippen molar-refractivity contribution in [2.24, 2.45) is 0 Å². The molecule has 0 bridgehead atoms. The largest absolute Gasteiger partial charge is 0.503 e. The van der Waals surface area contributed by atoms with Gasteiger partial charge in [0.05, 0.1) is 24.7 Å². The minimum atomic E-state index is -1.23. The van der Waals surface area contributed by atoms with E-state index in [4.69, 9.17) is 4.74 Å². The van der Waals surface area contributed by atoms with Crippen molar-refractivity contribution in [1.29, 1.82) is 0 Å². The van der Waals surface area contributed by atoms with Crippen molar-refractivity contribution >= 4 is 38.7 Å². The van der Waals surface area contributed by atoms with Crippen molar-refractivity contribution in [3.63, 3.8) is 0 Å². The average Bonchev–Trinajstić information content (AvgIpc) is 3.22. The van der Waals surface area contributed by atoms with Crippen molar-refractivity contribution in [2.75, 3.05) is 7.11 Å². The van der Waals surface area contributed by atoms with Gasteiger partial charge in [-0.1, -0.05) is 0 Å². The van der Waals surface area contributed by atoms with Crippen LogP contribution >= 0.6 is 15.9 Å². The fourth-order valence-corrected chi connectivity index (χ4v) is 4.27. The molecule has 0 aliphatic carbocycles. The van der Waals surface area contributed by atoms with E-state index >= 15 is 0 Å². The number of carbonyl (C=O) groups excluding carboxylic acids is 1. The fourth-order valence-electron chi connectivity index (χ4n) is 3.72. The lowest BCUT2D eigenvalue weighted by Crippen LogP contribution is -2.51.